The monoisotopic (exact) mass is 397 g/mol. The first-order valence-electron chi connectivity index (χ1n) is 9.43. The van der Waals surface area contributed by atoms with Crippen LogP contribution in [0.5, 0.6) is 5.75 Å². The molecule has 0 N–H and O–H groups in total. The molecule has 6 heteroatoms. The Morgan fingerprint density at radius 3 is 2.48 bits per heavy atom. The van der Waals surface area contributed by atoms with E-state index in [1.807, 2.05) is 36.4 Å². The van der Waals surface area contributed by atoms with Gasteiger partial charge in [-0.1, -0.05) is 12.1 Å². The van der Waals surface area contributed by atoms with Crippen LogP contribution in [0.3, 0.4) is 0 Å². The Bertz CT molecular complexity index is 967. The summed E-state index contributed by atoms with van der Waals surface area (Å²) in [5, 5.41) is 0. The van der Waals surface area contributed by atoms with Crippen LogP contribution in [0.2, 0.25) is 0 Å². The molecule has 0 atom stereocenters. The maximum Gasteiger partial charge on any atom is 0.306 e. The number of aromatic nitrogens is 1. The van der Waals surface area contributed by atoms with Crippen molar-refractivity contribution in [2.45, 2.75) is 39.2 Å². The Kier molecular flexibility index (Phi) is 6.32. The third-order valence-electron chi connectivity index (χ3n) is 4.04. The largest absolute Gasteiger partial charge is 0.489 e. The maximum absolute atomic E-state index is 13.1. The van der Waals surface area contributed by atoms with Crippen molar-refractivity contribution < 1.29 is 23.1 Å². The number of carbonyl (C=O) groups is 1. The summed E-state index contributed by atoms with van der Waals surface area (Å²) < 4.78 is 29.7. The van der Waals surface area contributed by atoms with Crippen molar-refractivity contribution in [3.63, 3.8) is 0 Å². The van der Waals surface area contributed by atoms with Gasteiger partial charge >= 0.3 is 5.97 Å². The molecule has 0 aliphatic carbocycles. The molecule has 1 heterocycles. The summed E-state index contributed by atoms with van der Waals surface area (Å²) in [7, 11) is 0. The fourth-order valence-electron chi connectivity index (χ4n) is 2.68. The van der Waals surface area contributed by atoms with Gasteiger partial charge in [-0.05, 0) is 69.2 Å². The summed E-state index contributed by atoms with van der Waals surface area (Å²) in [5.41, 5.74) is 2.18. The standard InChI is InChI=1S/C23H24FNO4/c1-23(2,3)29-21(26)13-8-16(14-24)15-27-18-11-9-17(10-12-18)22-25-19-6-4-5-7-20(19)28-22/h4-7,9-12,14H,8,13,15H2,1-3H3/b16-14+. The Balaban J connectivity index is 1.54. The highest BCUT2D eigenvalue weighted by atomic mass is 19.1. The lowest BCUT2D eigenvalue weighted by Crippen LogP contribution is -2.23. The summed E-state index contributed by atoms with van der Waals surface area (Å²) in [6, 6.07) is 14.8. The fraction of sp³-hybridized carbons (Fsp3) is 0.304. The summed E-state index contributed by atoms with van der Waals surface area (Å²) >= 11 is 0. The van der Waals surface area contributed by atoms with Crippen molar-refractivity contribution >= 4 is 17.1 Å². The smallest absolute Gasteiger partial charge is 0.306 e. The van der Waals surface area contributed by atoms with Gasteiger partial charge in [-0.3, -0.25) is 4.79 Å². The van der Waals surface area contributed by atoms with Crippen LogP contribution in [0.25, 0.3) is 22.6 Å². The van der Waals surface area contributed by atoms with E-state index in [-0.39, 0.29) is 25.4 Å². The number of oxazole rings is 1. The minimum Gasteiger partial charge on any atom is -0.489 e. The molecule has 0 bridgehead atoms. The number of fused-ring (bicyclic) bond motifs is 1. The molecule has 0 aliphatic rings. The fourth-order valence-corrected chi connectivity index (χ4v) is 2.68. The highest BCUT2D eigenvalue weighted by Gasteiger charge is 2.16. The minimum absolute atomic E-state index is 0.0571. The predicted octanol–water partition coefficient (Wildman–Crippen LogP) is 5.85. The predicted molar refractivity (Wildman–Crippen MR) is 109 cm³/mol. The lowest BCUT2D eigenvalue weighted by molar-refractivity contribution is -0.154. The van der Waals surface area contributed by atoms with E-state index in [0.717, 1.165) is 16.7 Å². The van der Waals surface area contributed by atoms with Gasteiger partial charge < -0.3 is 13.9 Å². The van der Waals surface area contributed by atoms with Crippen LogP contribution in [-0.2, 0) is 9.53 Å². The molecule has 0 amide bonds. The molecular weight excluding hydrogens is 373 g/mol. The second kappa shape index (κ2) is 8.90. The number of para-hydroxylation sites is 2. The number of ether oxygens (including phenoxy) is 2. The first kappa shape index (κ1) is 20.6. The molecule has 0 fully saturated rings. The van der Waals surface area contributed by atoms with Crippen molar-refractivity contribution in [3.8, 4) is 17.2 Å². The van der Waals surface area contributed by atoms with Gasteiger partial charge in [-0.25, -0.2) is 9.37 Å². The molecule has 0 unspecified atom stereocenters. The van der Waals surface area contributed by atoms with Crippen LogP contribution < -0.4 is 4.74 Å². The van der Waals surface area contributed by atoms with E-state index in [4.69, 9.17) is 13.9 Å². The van der Waals surface area contributed by atoms with Crippen LogP contribution in [0.1, 0.15) is 33.6 Å². The van der Waals surface area contributed by atoms with Gasteiger partial charge in [0.1, 0.15) is 23.5 Å². The van der Waals surface area contributed by atoms with E-state index < -0.39 is 5.60 Å². The Morgan fingerprint density at radius 2 is 1.83 bits per heavy atom. The van der Waals surface area contributed by atoms with E-state index in [2.05, 4.69) is 4.98 Å². The van der Waals surface area contributed by atoms with Crippen molar-refractivity contribution in [1.29, 1.82) is 0 Å². The molecule has 1 aromatic heterocycles. The summed E-state index contributed by atoms with van der Waals surface area (Å²) in [5.74, 6) is 0.750. The molecule has 0 aliphatic heterocycles. The molecule has 0 saturated carbocycles. The molecular formula is C23H24FNO4. The number of benzene rings is 2. The molecule has 152 valence electrons. The van der Waals surface area contributed by atoms with Gasteiger partial charge in [-0.15, -0.1) is 0 Å². The first-order chi connectivity index (χ1) is 13.8. The molecule has 3 aromatic rings. The molecule has 2 aromatic carbocycles. The van der Waals surface area contributed by atoms with Crippen LogP contribution in [0.4, 0.5) is 4.39 Å². The Labute approximate surface area is 169 Å². The van der Waals surface area contributed by atoms with Crippen LogP contribution >= 0.6 is 0 Å². The molecule has 5 nitrogen and oxygen atoms in total. The number of rotatable bonds is 7. The normalized spacial score (nSPS) is 12.2. The number of hydrogen-bond acceptors (Lipinski definition) is 5. The Morgan fingerprint density at radius 1 is 1.10 bits per heavy atom. The van der Waals surface area contributed by atoms with Crippen molar-refractivity contribution in [2.24, 2.45) is 0 Å². The summed E-state index contributed by atoms with van der Waals surface area (Å²) in [4.78, 5) is 16.2. The van der Waals surface area contributed by atoms with Crippen LogP contribution in [0, 0.1) is 0 Å². The topological polar surface area (TPSA) is 61.6 Å². The van der Waals surface area contributed by atoms with Crippen molar-refractivity contribution in [1.82, 2.24) is 4.98 Å². The second-order valence-electron chi connectivity index (χ2n) is 7.65. The molecule has 0 radical (unpaired) electrons. The van der Waals surface area contributed by atoms with Gasteiger partial charge in [0.05, 0.1) is 6.33 Å². The zero-order chi connectivity index (χ0) is 20.9. The highest BCUT2D eigenvalue weighted by Crippen LogP contribution is 2.26. The zero-order valence-electron chi connectivity index (χ0n) is 16.8. The lowest BCUT2D eigenvalue weighted by Gasteiger charge is -2.19. The number of halogens is 1. The van der Waals surface area contributed by atoms with E-state index in [9.17, 15) is 9.18 Å². The minimum atomic E-state index is -0.552. The number of esters is 1. The quantitative estimate of drug-likeness (QED) is 0.468. The number of hydrogen-bond donors (Lipinski definition) is 0. The average molecular weight is 397 g/mol. The van der Waals surface area contributed by atoms with Crippen molar-refractivity contribution in [2.75, 3.05) is 6.61 Å². The molecule has 29 heavy (non-hydrogen) atoms. The third kappa shape index (κ3) is 5.91. The van der Waals surface area contributed by atoms with E-state index in [1.165, 1.54) is 0 Å². The number of carbonyl (C=O) groups excluding carboxylic acids is 1. The van der Waals surface area contributed by atoms with Gasteiger partial charge in [0.25, 0.3) is 0 Å². The molecule has 0 saturated heterocycles. The second-order valence-corrected chi connectivity index (χ2v) is 7.65. The van der Waals surface area contributed by atoms with Gasteiger partial charge in [-0.2, -0.15) is 0 Å². The van der Waals surface area contributed by atoms with Gasteiger partial charge in [0, 0.05) is 12.0 Å². The maximum atomic E-state index is 13.1. The van der Waals surface area contributed by atoms with Gasteiger partial charge in [0.2, 0.25) is 5.89 Å². The Hall–Kier alpha value is -3.15. The van der Waals surface area contributed by atoms with Crippen LogP contribution in [-0.4, -0.2) is 23.2 Å². The molecule has 3 rings (SSSR count). The van der Waals surface area contributed by atoms with Crippen LogP contribution in [0.15, 0.2) is 64.9 Å². The van der Waals surface area contributed by atoms with Gasteiger partial charge in [0.15, 0.2) is 5.58 Å². The van der Waals surface area contributed by atoms with Crippen molar-refractivity contribution in [3.05, 3.63) is 60.4 Å². The highest BCUT2D eigenvalue weighted by molar-refractivity contribution is 5.76. The lowest BCUT2D eigenvalue weighted by atomic mass is 10.1. The first-order valence-corrected chi connectivity index (χ1v) is 9.43. The third-order valence-corrected chi connectivity index (χ3v) is 4.04. The van der Waals surface area contributed by atoms with E-state index in [1.54, 1.807) is 32.9 Å². The summed E-state index contributed by atoms with van der Waals surface area (Å²) in [6.45, 7) is 5.45. The summed E-state index contributed by atoms with van der Waals surface area (Å²) in [6.07, 6.45) is 0.830. The van der Waals surface area contributed by atoms with E-state index >= 15 is 0 Å². The SMILES string of the molecule is CC(C)(C)OC(=O)CC/C(=C\F)COc1ccc(-c2nc3ccccc3o2)cc1. The molecule has 0 spiro atoms. The number of nitrogens with zero attached hydrogens (tertiary/aromatic N) is 1. The average Bonchev–Trinajstić information content (AvgIpc) is 3.11. The van der Waals surface area contributed by atoms with E-state index in [0.29, 0.717) is 23.5 Å². The zero-order valence-corrected chi connectivity index (χ0v) is 16.8.